The highest BCUT2D eigenvalue weighted by atomic mass is 14.9. The van der Waals surface area contributed by atoms with Crippen molar-refractivity contribution in [3.8, 4) is 0 Å². The van der Waals surface area contributed by atoms with E-state index in [4.69, 9.17) is 0 Å². The second kappa shape index (κ2) is 6.76. The molecule has 1 aliphatic carbocycles. The van der Waals surface area contributed by atoms with Crippen LogP contribution in [0.4, 0.5) is 0 Å². The summed E-state index contributed by atoms with van der Waals surface area (Å²) in [5.41, 5.74) is 5.85. The van der Waals surface area contributed by atoms with Gasteiger partial charge in [-0.3, -0.25) is 0 Å². The number of hydrogen-bond donors (Lipinski definition) is 1. The lowest BCUT2D eigenvalue weighted by Crippen LogP contribution is -2.30. The minimum atomic E-state index is 0.536. The van der Waals surface area contributed by atoms with Crippen LogP contribution in [0.25, 0.3) is 0 Å². The molecule has 2 rings (SSSR count). The Kier molecular flexibility index (Phi) is 5.26. The van der Waals surface area contributed by atoms with Gasteiger partial charge in [0, 0.05) is 6.04 Å². The molecule has 0 aliphatic heterocycles. The van der Waals surface area contributed by atoms with Crippen LogP contribution in [0.3, 0.4) is 0 Å². The molecule has 0 heterocycles. The van der Waals surface area contributed by atoms with Crippen LogP contribution in [0.5, 0.6) is 0 Å². The summed E-state index contributed by atoms with van der Waals surface area (Å²) < 4.78 is 0. The first kappa shape index (κ1) is 15.6. The predicted molar refractivity (Wildman–Crippen MR) is 88.2 cm³/mol. The van der Waals surface area contributed by atoms with Crippen molar-refractivity contribution in [3.05, 3.63) is 34.4 Å². The van der Waals surface area contributed by atoms with Gasteiger partial charge in [0.05, 0.1) is 0 Å². The van der Waals surface area contributed by atoms with E-state index in [1.54, 1.807) is 5.56 Å². The second-order valence-corrected chi connectivity index (χ2v) is 6.77. The zero-order valence-corrected chi connectivity index (χ0v) is 13.9. The largest absolute Gasteiger partial charge is 0.313 e. The average molecular weight is 273 g/mol. The third-order valence-corrected chi connectivity index (χ3v) is 5.30. The summed E-state index contributed by atoms with van der Waals surface area (Å²) in [5, 5.41) is 3.62. The molecule has 0 radical (unpaired) electrons. The normalized spacial score (nSPS) is 24.6. The van der Waals surface area contributed by atoms with Crippen LogP contribution in [0.1, 0.15) is 67.3 Å². The van der Waals surface area contributed by atoms with E-state index >= 15 is 0 Å². The fourth-order valence-electron chi connectivity index (χ4n) is 4.23. The molecule has 1 heteroatoms. The lowest BCUT2D eigenvalue weighted by molar-refractivity contribution is 0.223. The quantitative estimate of drug-likeness (QED) is 0.806. The zero-order chi connectivity index (χ0) is 14.7. The van der Waals surface area contributed by atoms with Crippen molar-refractivity contribution >= 4 is 0 Å². The molecule has 0 aromatic heterocycles. The van der Waals surface area contributed by atoms with Gasteiger partial charge in [-0.15, -0.1) is 0 Å². The van der Waals surface area contributed by atoms with Crippen LogP contribution >= 0.6 is 0 Å². The van der Waals surface area contributed by atoms with Crippen molar-refractivity contribution in [2.45, 2.75) is 65.8 Å². The Morgan fingerprint density at radius 2 is 1.60 bits per heavy atom. The Morgan fingerprint density at radius 3 is 2.05 bits per heavy atom. The Morgan fingerprint density at radius 1 is 1.05 bits per heavy atom. The van der Waals surface area contributed by atoms with Crippen LogP contribution in [0, 0.1) is 32.6 Å². The topological polar surface area (TPSA) is 12.0 Å². The van der Waals surface area contributed by atoms with E-state index in [9.17, 15) is 0 Å². The van der Waals surface area contributed by atoms with Gasteiger partial charge in [-0.25, -0.2) is 0 Å². The summed E-state index contributed by atoms with van der Waals surface area (Å²) in [5.74, 6) is 1.78. The molecule has 112 valence electrons. The highest BCUT2D eigenvalue weighted by molar-refractivity contribution is 5.40. The summed E-state index contributed by atoms with van der Waals surface area (Å²) >= 11 is 0. The molecule has 1 nitrogen and oxygen atoms in total. The number of nitrogens with one attached hydrogen (secondary N) is 1. The summed E-state index contributed by atoms with van der Waals surface area (Å²) in [6.45, 7) is 9.09. The lowest BCUT2D eigenvalue weighted by Gasteiger charge is -2.35. The molecule has 1 atom stereocenters. The third kappa shape index (κ3) is 3.25. The zero-order valence-electron chi connectivity index (χ0n) is 13.9. The van der Waals surface area contributed by atoms with E-state index in [1.165, 1.54) is 48.8 Å². The van der Waals surface area contributed by atoms with E-state index in [2.05, 4.69) is 52.2 Å². The molecular formula is C19H31N. The average Bonchev–Trinajstić information content (AvgIpc) is 2.43. The van der Waals surface area contributed by atoms with Crippen LogP contribution in [-0.2, 0) is 0 Å². The summed E-state index contributed by atoms with van der Waals surface area (Å²) in [6.07, 6.45) is 6.97. The van der Waals surface area contributed by atoms with E-state index in [0.717, 1.165) is 11.8 Å². The molecule has 1 fully saturated rings. The van der Waals surface area contributed by atoms with E-state index < -0.39 is 0 Å². The van der Waals surface area contributed by atoms with Crippen molar-refractivity contribution in [1.29, 1.82) is 0 Å². The molecule has 1 aromatic rings. The van der Waals surface area contributed by atoms with Crippen LogP contribution < -0.4 is 5.32 Å². The molecule has 0 bridgehead atoms. The minimum absolute atomic E-state index is 0.536. The third-order valence-electron chi connectivity index (χ3n) is 5.30. The van der Waals surface area contributed by atoms with E-state index in [1.807, 2.05) is 0 Å². The predicted octanol–water partition coefficient (Wildman–Crippen LogP) is 5.09. The Balaban J connectivity index is 2.21. The van der Waals surface area contributed by atoms with Gasteiger partial charge in [0.1, 0.15) is 0 Å². The molecule has 0 amide bonds. The molecule has 20 heavy (non-hydrogen) atoms. The fourth-order valence-corrected chi connectivity index (χ4v) is 4.23. The highest BCUT2D eigenvalue weighted by Gasteiger charge is 2.28. The Bertz CT molecular complexity index is 418. The second-order valence-electron chi connectivity index (χ2n) is 6.77. The van der Waals surface area contributed by atoms with Crippen molar-refractivity contribution < 1.29 is 0 Å². The number of benzene rings is 1. The molecule has 0 spiro atoms. The van der Waals surface area contributed by atoms with Crippen LogP contribution in [-0.4, -0.2) is 7.05 Å². The molecule has 1 unspecified atom stereocenters. The molecule has 1 aliphatic rings. The summed E-state index contributed by atoms with van der Waals surface area (Å²) in [7, 11) is 2.13. The van der Waals surface area contributed by atoms with Crippen LogP contribution in [0.2, 0.25) is 0 Å². The minimum Gasteiger partial charge on any atom is -0.313 e. The molecule has 1 saturated carbocycles. The van der Waals surface area contributed by atoms with Crippen molar-refractivity contribution in [1.82, 2.24) is 5.32 Å². The summed E-state index contributed by atoms with van der Waals surface area (Å²) in [4.78, 5) is 0. The van der Waals surface area contributed by atoms with Gasteiger partial charge in [0.15, 0.2) is 0 Å². The van der Waals surface area contributed by atoms with Gasteiger partial charge < -0.3 is 5.32 Å². The van der Waals surface area contributed by atoms with Crippen molar-refractivity contribution in [3.63, 3.8) is 0 Å². The lowest BCUT2D eigenvalue weighted by atomic mass is 9.74. The molecule has 0 saturated heterocycles. The van der Waals surface area contributed by atoms with E-state index in [0.29, 0.717) is 6.04 Å². The van der Waals surface area contributed by atoms with Gasteiger partial charge in [-0.05, 0) is 69.2 Å². The van der Waals surface area contributed by atoms with Gasteiger partial charge in [-0.2, -0.15) is 0 Å². The first-order chi connectivity index (χ1) is 9.56. The number of aryl methyl sites for hydroxylation is 3. The Hall–Kier alpha value is -0.820. The first-order valence-electron chi connectivity index (χ1n) is 8.31. The maximum Gasteiger partial charge on any atom is 0.0351 e. The van der Waals surface area contributed by atoms with Gasteiger partial charge >= 0.3 is 0 Å². The van der Waals surface area contributed by atoms with Gasteiger partial charge in [-0.1, -0.05) is 43.9 Å². The number of hydrogen-bond acceptors (Lipinski definition) is 1. The van der Waals surface area contributed by atoms with E-state index in [-0.39, 0.29) is 0 Å². The maximum absolute atomic E-state index is 3.62. The van der Waals surface area contributed by atoms with Gasteiger partial charge in [0.25, 0.3) is 0 Å². The fraction of sp³-hybridized carbons (Fsp3) is 0.684. The summed E-state index contributed by atoms with van der Waals surface area (Å²) in [6, 6.07) is 5.21. The molecule has 1 N–H and O–H groups in total. The first-order valence-corrected chi connectivity index (χ1v) is 8.31. The van der Waals surface area contributed by atoms with Gasteiger partial charge in [0.2, 0.25) is 0 Å². The standard InChI is InChI=1S/C19H31N/c1-6-16-7-9-17(10-8-16)19(20-5)18-14(3)11-13(2)12-15(18)4/h11-12,16-17,19-20H,6-10H2,1-5H3. The molecular weight excluding hydrogens is 242 g/mol. The van der Waals surface area contributed by atoms with Crippen LogP contribution in [0.15, 0.2) is 12.1 Å². The SMILES string of the molecule is CCC1CCC(C(NC)c2c(C)cc(C)cc2C)CC1. The highest BCUT2D eigenvalue weighted by Crippen LogP contribution is 2.39. The maximum atomic E-state index is 3.62. The monoisotopic (exact) mass is 273 g/mol. The smallest absolute Gasteiger partial charge is 0.0351 e. The van der Waals surface area contributed by atoms with Crippen molar-refractivity contribution in [2.75, 3.05) is 7.05 Å². The Labute approximate surface area is 125 Å². The molecule has 1 aromatic carbocycles. The van der Waals surface area contributed by atoms with Crippen molar-refractivity contribution in [2.24, 2.45) is 11.8 Å². The number of rotatable bonds is 4.